The number of carboxylic acids is 1. The van der Waals surface area contributed by atoms with Gasteiger partial charge in [0.25, 0.3) is 0 Å². The number of hydrogen-bond donors (Lipinski definition) is 2. The lowest BCUT2D eigenvalue weighted by Crippen LogP contribution is -2.68. The zero-order valence-electron chi connectivity index (χ0n) is 22.5. The summed E-state index contributed by atoms with van der Waals surface area (Å²) in [6.07, 6.45) is 12.4. The van der Waals surface area contributed by atoms with Crippen LogP contribution in [-0.4, -0.2) is 22.3 Å². The first-order chi connectivity index (χ1) is 15.1. The van der Waals surface area contributed by atoms with Crippen LogP contribution in [0.1, 0.15) is 119 Å². The molecule has 33 heavy (non-hydrogen) atoms. The fraction of sp³-hybridized carbons (Fsp3) is 0.967. The van der Waals surface area contributed by atoms with Gasteiger partial charge in [0, 0.05) is 0 Å². The topological polar surface area (TPSA) is 57.5 Å². The largest absolute Gasteiger partial charge is 0.481 e. The Kier molecular flexibility index (Phi) is 5.13. The lowest BCUT2D eigenvalue weighted by Gasteiger charge is -2.75. The van der Waals surface area contributed by atoms with E-state index in [2.05, 4.69) is 48.5 Å². The molecule has 0 aliphatic heterocycles. The predicted molar refractivity (Wildman–Crippen MR) is 133 cm³/mol. The maximum absolute atomic E-state index is 12.3. The van der Waals surface area contributed by atoms with Crippen LogP contribution in [0, 0.1) is 56.2 Å². The first kappa shape index (κ1) is 24.1. The standard InChI is InChI=1S/C30H50O3/c1-25(2)12-13-26(3)14-16-29(6)21-10-11-28(5)20(9-8-19(31)23(28)24(32)33)27(21,4)15-17-30(29,7)22(26)18-25/h19-23,31H,8-18H2,1-7H3,(H,32,33). The maximum Gasteiger partial charge on any atom is 0.309 e. The quantitative estimate of drug-likeness (QED) is 0.433. The minimum Gasteiger partial charge on any atom is -0.481 e. The Labute approximate surface area is 202 Å². The van der Waals surface area contributed by atoms with Gasteiger partial charge >= 0.3 is 5.97 Å². The normalized spacial score (nSPS) is 57.8. The second-order valence-electron chi connectivity index (χ2n) is 15.5. The number of carboxylic acid groups (broad SMARTS) is 1. The second-order valence-corrected chi connectivity index (χ2v) is 15.5. The SMILES string of the molecule is CC1(C)CCC2(C)CCC3(C)C4CCC5(C)C(C(=O)O)C(O)CCC5C4(C)CCC3(C)C2C1. The zero-order valence-corrected chi connectivity index (χ0v) is 22.5. The number of fused-ring (bicyclic) bond motifs is 7. The van der Waals surface area contributed by atoms with Crippen molar-refractivity contribution in [1.82, 2.24) is 0 Å². The smallest absolute Gasteiger partial charge is 0.309 e. The summed E-state index contributed by atoms with van der Waals surface area (Å²) in [5, 5.41) is 20.8. The summed E-state index contributed by atoms with van der Waals surface area (Å²) >= 11 is 0. The lowest BCUT2D eigenvalue weighted by molar-refractivity contribution is -0.263. The van der Waals surface area contributed by atoms with Gasteiger partial charge in [-0.1, -0.05) is 48.5 Å². The summed E-state index contributed by atoms with van der Waals surface area (Å²) in [6.45, 7) is 17.7. The zero-order chi connectivity index (χ0) is 24.2. The molecule has 10 atom stereocenters. The van der Waals surface area contributed by atoms with Crippen LogP contribution in [0.4, 0.5) is 0 Å². The van der Waals surface area contributed by atoms with Crippen molar-refractivity contribution >= 4 is 5.97 Å². The van der Waals surface area contributed by atoms with Crippen molar-refractivity contribution in [3.05, 3.63) is 0 Å². The molecule has 188 valence electrons. The van der Waals surface area contributed by atoms with Crippen LogP contribution in [-0.2, 0) is 4.79 Å². The number of rotatable bonds is 1. The number of carbonyl (C=O) groups is 1. The van der Waals surface area contributed by atoms with Gasteiger partial charge < -0.3 is 10.2 Å². The van der Waals surface area contributed by atoms with Crippen LogP contribution >= 0.6 is 0 Å². The van der Waals surface area contributed by atoms with E-state index < -0.39 is 18.0 Å². The van der Waals surface area contributed by atoms with E-state index >= 15 is 0 Å². The number of aliphatic hydroxyl groups is 1. The second kappa shape index (κ2) is 7.01. The van der Waals surface area contributed by atoms with Gasteiger partial charge in [-0.2, -0.15) is 0 Å². The van der Waals surface area contributed by atoms with Gasteiger partial charge in [-0.05, 0) is 121 Å². The molecule has 0 saturated heterocycles. The van der Waals surface area contributed by atoms with E-state index in [-0.39, 0.29) is 10.8 Å². The molecular weight excluding hydrogens is 408 g/mol. The molecule has 0 radical (unpaired) electrons. The molecule has 5 aliphatic rings. The first-order valence-corrected chi connectivity index (χ1v) is 14.0. The average Bonchev–Trinajstić information content (AvgIpc) is 2.70. The molecule has 0 aromatic carbocycles. The van der Waals surface area contributed by atoms with Gasteiger partial charge in [0.1, 0.15) is 0 Å². The van der Waals surface area contributed by atoms with Crippen LogP contribution in [0.3, 0.4) is 0 Å². The molecule has 3 heteroatoms. The molecule has 5 rings (SSSR count). The highest BCUT2D eigenvalue weighted by Gasteiger charge is 2.71. The minimum absolute atomic E-state index is 0.188. The third-order valence-electron chi connectivity index (χ3n) is 13.7. The van der Waals surface area contributed by atoms with Gasteiger partial charge in [0.2, 0.25) is 0 Å². The Morgan fingerprint density at radius 2 is 1.27 bits per heavy atom. The Hall–Kier alpha value is -0.570. The van der Waals surface area contributed by atoms with E-state index in [0.29, 0.717) is 39.9 Å². The Bertz CT molecular complexity index is 834. The highest BCUT2D eigenvalue weighted by molar-refractivity contribution is 5.72. The minimum atomic E-state index is -0.776. The van der Waals surface area contributed by atoms with E-state index in [9.17, 15) is 15.0 Å². The highest BCUT2D eigenvalue weighted by atomic mass is 16.4. The van der Waals surface area contributed by atoms with Crippen molar-refractivity contribution in [2.45, 2.75) is 125 Å². The third-order valence-corrected chi connectivity index (χ3v) is 13.7. The van der Waals surface area contributed by atoms with Gasteiger partial charge in [-0.3, -0.25) is 4.79 Å². The van der Waals surface area contributed by atoms with Crippen molar-refractivity contribution in [3.8, 4) is 0 Å². The van der Waals surface area contributed by atoms with E-state index in [4.69, 9.17) is 0 Å². The van der Waals surface area contributed by atoms with Crippen LogP contribution in [0.5, 0.6) is 0 Å². The van der Waals surface area contributed by atoms with E-state index in [0.717, 1.165) is 25.2 Å². The van der Waals surface area contributed by atoms with Crippen molar-refractivity contribution in [2.24, 2.45) is 56.2 Å². The maximum atomic E-state index is 12.3. The van der Waals surface area contributed by atoms with Crippen molar-refractivity contribution in [3.63, 3.8) is 0 Å². The van der Waals surface area contributed by atoms with Gasteiger partial charge in [0.05, 0.1) is 12.0 Å². The van der Waals surface area contributed by atoms with Crippen LogP contribution < -0.4 is 0 Å². The summed E-state index contributed by atoms with van der Waals surface area (Å²) in [4.78, 5) is 12.3. The summed E-state index contributed by atoms with van der Waals surface area (Å²) < 4.78 is 0. The monoisotopic (exact) mass is 458 g/mol. The van der Waals surface area contributed by atoms with Crippen LogP contribution in [0.15, 0.2) is 0 Å². The number of aliphatic carboxylic acids is 1. The lowest BCUT2D eigenvalue weighted by atomic mass is 9.30. The fourth-order valence-electron chi connectivity index (χ4n) is 11.6. The molecule has 0 heterocycles. The van der Waals surface area contributed by atoms with Crippen molar-refractivity contribution < 1.29 is 15.0 Å². The summed E-state index contributed by atoms with van der Waals surface area (Å²) in [7, 11) is 0. The molecule has 0 spiro atoms. The third kappa shape index (κ3) is 2.99. The van der Waals surface area contributed by atoms with Gasteiger partial charge in [0.15, 0.2) is 0 Å². The number of hydrogen-bond acceptors (Lipinski definition) is 2. The average molecular weight is 459 g/mol. The summed E-state index contributed by atoms with van der Waals surface area (Å²) in [6, 6.07) is 0. The molecule has 0 aromatic rings. The Balaban J connectivity index is 1.54. The highest BCUT2D eigenvalue weighted by Crippen LogP contribution is 2.78. The molecule has 5 saturated carbocycles. The Morgan fingerprint density at radius 3 is 1.94 bits per heavy atom. The molecule has 10 unspecified atom stereocenters. The van der Waals surface area contributed by atoms with Gasteiger partial charge in [-0.25, -0.2) is 0 Å². The molecule has 5 aliphatic carbocycles. The van der Waals surface area contributed by atoms with Crippen LogP contribution in [0.25, 0.3) is 0 Å². The predicted octanol–water partition coefficient (Wildman–Crippen LogP) is 7.31. The Morgan fingerprint density at radius 1 is 0.667 bits per heavy atom. The molecule has 0 aromatic heterocycles. The molecular formula is C30H50O3. The summed E-state index contributed by atoms with van der Waals surface area (Å²) in [5.74, 6) is 0.488. The van der Waals surface area contributed by atoms with Crippen molar-refractivity contribution in [1.29, 1.82) is 0 Å². The molecule has 0 bridgehead atoms. The van der Waals surface area contributed by atoms with Gasteiger partial charge in [-0.15, -0.1) is 0 Å². The summed E-state index contributed by atoms with van der Waals surface area (Å²) in [5.41, 5.74) is 1.54. The number of aliphatic hydroxyl groups excluding tert-OH is 1. The first-order valence-electron chi connectivity index (χ1n) is 14.0. The molecule has 5 fully saturated rings. The van der Waals surface area contributed by atoms with E-state index in [1.54, 1.807) is 0 Å². The molecule has 2 N–H and O–H groups in total. The fourth-order valence-corrected chi connectivity index (χ4v) is 11.6. The van der Waals surface area contributed by atoms with E-state index in [1.807, 2.05) is 0 Å². The van der Waals surface area contributed by atoms with E-state index in [1.165, 1.54) is 44.9 Å². The van der Waals surface area contributed by atoms with Crippen molar-refractivity contribution in [2.75, 3.05) is 0 Å². The molecule has 3 nitrogen and oxygen atoms in total. The molecule has 0 amide bonds. The van der Waals surface area contributed by atoms with Crippen LogP contribution in [0.2, 0.25) is 0 Å².